The lowest BCUT2D eigenvalue weighted by Gasteiger charge is -2.18. The van der Waals surface area contributed by atoms with Crippen LogP contribution in [0.4, 0.5) is 4.79 Å². The van der Waals surface area contributed by atoms with Crippen molar-refractivity contribution in [3.63, 3.8) is 0 Å². The number of nitrogens with one attached hydrogen (secondary N) is 1. The molecule has 24 heavy (non-hydrogen) atoms. The summed E-state index contributed by atoms with van der Waals surface area (Å²) >= 11 is 0. The molecule has 128 valence electrons. The van der Waals surface area contributed by atoms with Gasteiger partial charge in [-0.2, -0.15) is 5.10 Å². The number of rotatable bonds is 5. The summed E-state index contributed by atoms with van der Waals surface area (Å²) in [5.41, 5.74) is 2.16. The van der Waals surface area contributed by atoms with Crippen molar-refractivity contribution in [3.05, 3.63) is 48.0 Å². The zero-order valence-corrected chi connectivity index (χ0v) is 13.8. The Morgan fingerprint density at radius 2 is 2.29 bits per heavy atom. The van der Waals surface area contributed by atoms with Crippen molar-refractivity contribution >= 4 is 6.03 Å². The maximum Gasteiger partial charge on any atom is 0.317 e. The first kappa shape index (κ1) is 16.4. The molecule has 1 aromatic heterocycles. The Morgan fingerprint density at radius 1 is 1.46 bits per heavy atom. The van der Waals surface area contributed by atoms with Crippen LogP contribution >= 0.6 is 0 Å². The number of urea groups is 1. The topological polar surface area (TPSA) is 83.3 Å². The lowest BCUT2D eigenvalue weighted by atomic mass is 10.0. The molecule has 2 heterocycles. The summed E-state index contributed by atoms with van der Waals surface area (Å²) < 4.78 is 1.76. The van der Waals surface area contributed by atoms with Crippen molar-refractivity contribution in [2.75, 3.05) is 13.1 Å². The number of benzene rings is 1. The van der Waals surface area contributed by atoms with E-state index in [1.165, 1.54) is 6.33 Å². The molecule has 0 spiro atoms. The predicted octanol–water partition coefficient (Wildman–Crippen LogP) is 1.24. The third kappa shape index (κ3) is 4.11. The third-order valence-corrected chi connectivity index (χ3v) is 4.44. The van der Waals surface area contributed by atoms with Crippen LogP contribution in [0, 0.1) is 5.92 Å². The molecule has 1 aromatic carbocycles. The fourth-order valence-corrected chi connectivity index (χ4v) is 2.99. The fourth-order valence-electron chi connectivity index (χ4n) is 2.99. The molecule has 2 N–H and O–H groups in total. The van der Waals surface area contributed by atoms with Gasteiger partial charge in [-0.25, -0.2) is 14.5 Å². The van der Waals surface area contributed by atoms with Crippen LogP contribution in [0.1, 0.15) is 24.5 Å². The molecule has 2 unspecified atom stereocenters. The summed E-state index contributed by atoms with van der Waals surface area (Å²) in [5.74, 6) is 0.182. The van der Waals surface area contributed by atoms with E-state index in [1.807, 2.05) is 18.2 Å². The maximum absolute atomic E-state index is 12.2. The molecule has 2 amide bonds. The quantitative estimate of drug-likeness (QED) is 0.864. The van der Waals surface area contributed by atoms with Gasteiger partial charge in [-0.1, -0.05) is 24.3 Å². The molecular formula is C17H23N5O2. The van der Waals surface area contributed by atoms with E-state index in [4.69, 9.17) is 0 Å². The minimum Gasteiger partial charge on any atom is -0.393 e. The summed E-state index contributed by atoms with van der Waals surface area (Å²) in [7, 11) is 0. The molecule has 0 saturated carbocycles. The first-order chi connectivity index (χ1) is 11.6. The van der Waals surface area contributed by atoms with E-state index in [1.54, 1.807) is 22.8 Å². The molecule has 1 aliphatic rings. The van der Waals surface area contributed by atoms with Crippen LogP contribution in [0.3, 0.4) is 0 Å². The summed E-state index contributed by atoms with van der Waals surface area (Å²) in [5, 5.41) is 16.7. The fraction of sp³-hybridized carbons (Fsp3) is 0.471. The molecule has 0 radical (unpaired) electrons. The first-order valence-electron chi connectivity index (χ1n) is 8.23. The summed E-state index contributed by atoms with van der Waals surface area (Å²) in [6, 6.07) is 7.99. The minimum atomic E-state index is -0.365. The largest absolute Gasteiger partial charge is 0.393 e. The zero-order valence-electron chi connectivity index (χ0n) is 13.8. The number of hydrogen-bond donors (Lipinski definition) is 2. The van der Waals surface area contributed by atoms with Crippen LogP contribution in [0.15, 0.2) is 36.9 Å². The van der Waals surface area contributed by atoms with E-state index in [0.717, 1.165) is 17.5 Å². The van der Waals surface area contributed by atoms with Crippen LogP contribution in [0.25, 0.3) is 0 Å². The molecule has 2 aromatic rings. The zero-order chi connectivity index (χ0) is 16.9. The number of likely N-dealkylation sites (tertiary alicyclic amines) is 1. The normalized spacial score (nSPS) is 18.6. The highest BCUT2D eigenvalue weighted by Crippen LogP contribution is 2.19. The molecule has 3 rings (SSSR count). The van der Waals surface area contributed by atoms with Gasteiger partial charge in [0.25, 0.3) is 0 Å². The SMILES string of the molecule is CC(O)C1CCN(C(=O)NCc2cccc(Cn3cncn3)c2)C1. The Morgan fingerprint density at radius 3 is 3.00 bits per heavy atom. The van der Waals surface area contributed by atoms with Gasteiger partial charge in [0.15, 0.2) is 0 Å². The van der Waals surface area contributed by atoms with Gasteiger partial charge in [0, 0.05) is 25.6 Å². The molecule has 2 atom stereocenters. The Labute approximate surface area is 141 Å². The highest BCUT2D eigenvalue weighted by Gasteiger charge is 2.28. The minimum absolute atomic E-state index is 0.0696. The van der Waals surface area contributed by atoms with Crippen LogP contribution in [-0.4, -0.2) is 50.0 Å². The number of aliphatic hydroxyl groups is 1. The van der Waals surface area contributed by atoms with Crippen LogP contribution in [0.5, 0.6) is 0 Å². The molecule has 1 aliphatic heterocycles. The molecule has 7 heteroatoms. The lowest BCUT2D eigenvalue weighted by Crippen LogP contribution is -2.38. The van der Waals surface area contributed by atoms with Crippen molar-refractivity contribution < 1.29 is 9.90 Å². The number of aromatic nitrogens is 3. The Balaban J connectivity index is 1.52. The van der Waals surface area contributed by atoms with Gasteiger partial charge in [-0.15, -0.1) is 0 Å². The highest BCUT2D eigenvalue weighted by molar-refractivity contribution is 5.74. The van der Waals surface area contributed by atoms with E-state index < -0.39 is 0 Å². The number of carbonyl (C=O) groups excluding carboxylic acids is 1. The summed E-state index contributed by atoms with van der Waals surface area (Å²) in [4.78, 5) is 17.9. The second kappa shape index (κ2) is 7.44. The van der Waals surface area contributed by atoms with Gasteiger partial charge in [0.1, 0.15) is 12.7 Å². The number of amides is 2. The van der Waals surface area contributed by atoms with Crippen molar-refractivity contribution in [1.29, 1.82) is 0 Å². The molecule has 0 bridgehead atoms. The van der Waals surface area contributed by atoms with Gasteiger partial charge < -0.3 is 15.3 Å². The Kier molecular flexibility index (Phi) is 5.10. The molecule has 0 aliphatic carbocycles. The number of carbonyl (C=O) groups is 1. The van der Waals surface area contributed by atoms with Crippen molar-refractivity contribution in [2.24, 2.45) is 5.92 Å². The second-order valence-corrected chi connectivity index (χ2v) is 6.31. The van der Waals surface area contributed by atoms with E-state index in [2.05, 4.69) is 21.5 Å². The van der Waals surface area contributed by atoms with Crippen LogP contribution in [0.2, 0.25) is 0 Å². The Bertz CT molecular complexity index is 671. The van der Waals surface area contributed by atoms with E-state index >= 15 is 0 Å². The smallest absolute Gasteiger partial charge is 0.317 e. The highest BCUT2D eigenvalue weighted by atomic mass is 16.3. The average molecular weight is 329 g/mol. The van der Waals surface area contributed by atoms with Crippen LogP contribution < -0.4 is 5.32 Å². The molecule has 1 fully saturated rings. The van der Waals surface area contributed by atoms with Gasteiger partial charge in [-0.3, -0.25) is 0 Å². The van der Waals surface area contributed by atoms with Crippen molar-refractivity contribution in [3.8, 4) is 0 Å². The van der Waals surface area contributed by atoms with Gasteiger partial charge >= 0.3 is 6.03 Å². The van der Waals surface area contributed by atoms with Crippen molar-refractivity contribution in [1.82, 2.24) is 25.0 Å². The number of hydrogen-bond acceptors (Lipinski definition) is 4. The molecule has 1 saturated heterocycles. The third-order valence-electron chi connectivity index (χ3n) is 4.44. The first-order valence-corrected chi connectivity index (χ1v) is 8.23. The molecular weight excluding hydrogens is 306 g/mol. The van der Waals surface area contributed by atoms with Gasteiger partial charge in [-0.05, 0) is 24.5 Å². The predicted molar refractivity (Wildman–Crippen MR) is 89.2 cm³/mol. The van der Waals surface area contributed by atoms with E-state index in [9.17, 15) is 9.90 Å². The summed E-state index contributed by atoms with van der Waals surface area (Å²) in [6.07, 6.45) is 3.69. The monoisotopic (exact) mass is 329 g/mol. The van der Waals surface area contributed by atoms with E-state index in [0.29, 0.717) is 26.2 Å². The number of nitrogens with zero attached hydrogens (tertiary/aromatic N) is 4. The number of aliphatic hydroxyl groups excluding tert-OH is 1. The van der Waals surface area contributed by atoms with Crippen LogP contribution in [-0.2, 0) is 13.1 Å². The van der Waals surface area contributed by atoms with Gasteiger partial charge in [0.05, 0.1) is 12.6 Å². The van der Waals surface area contributed by atoms with Gasteiger partial charge in [0.2, 0.25) is 0 Å². The Hall–Kier alpha value is -2.41. The van der Waals surface area contributed by atoms with E-state index in [-0.39, 0.29) is 18.1 Å². The lowest BCUT2D eigenvalue weighted by molar-refractivity contribution is 0.129. The second-order valence-electron chi connectivity index (χ2n) is 6.31. The summed E-state index contributed by atoms with van der Waals surface area (Å²) in [6.45, 7) is 4.25. The average Bonchev–Trinajstić information content (AvgIpc) is 3.24. The van der Waals surface area contributed by atoms with Crippen molar-refractivity contribution in [2.45, 2.75) is 32.5 Å². The molecule has 7 nitrogen and oxygen atoms in total. The standard InChI is InChI=1S/C17H23N5O2/c1-13(23)16-5-6-21(10-16)17(24)19-8-14-3-2-4-15(7-14)9-22-12-18-11-20-22/h2-4,7,11-13,16,23H,5-6,8-10H2,1H3,(H,19,24). The maximum atomic E-state index is 12.2.